The molecule has 0 aliphatic heterocycles. The van der Waals surface area contributed by atoms with Gasteiger partial charge in [0.05, 0.1) is 17.9 Å². The smallest absolute Gasteiger partial charge is 0.193 e. The van der Waals surface area contributed by atoms with E-state index in [2.05, 4.69) is 15.4 Å². The molecule has 1 N–H and O–H groups in total. The summed E-state index contributed by atoms with van der Waals surface area (Å²) in [6.45, 7) is 1.53. The lowest BCUT2D eigenvalue weighted by Crippen LogP contribution is -2.41. The van der Waals surface area contributed by atoms with E-state index >= 15 is 0 Å². The second kappa shape index (κ2) is 12.2. The summed E-state index contributed by atoms with van der Waals surface area (Å²) in [5.74, 6) is 0.309. The monoisotopic (exact) mass is 541 g/mol. The second-order valence-corrected chi connectivity index (χ2v) is 6.65. The zero-order chi connectivity index (χ0) is 21.3. The maximum Gasteiger partial charge on any atom is 0.193 e. The zero-order valence-electron chi connectivity index (χ0n) is 17.5. The third-order valence-corrected chi connectivity index (χ3v) is 4.49. The molecule has 1 aromatic heterocycles. The van der Waals surface area contributed by atoms with Crippen molar-refractivity contribution in [3.63, 3.8) is 0 Å². The number of para-hydroxylation sites is 1. The topological polar surface area (TPSA) is 54.7 Å². The van der Waals surface area contributed by atoms with Crippen molar-refractivity contribution < 1.29 is 13.5 Å². The summed E-state index contributed by atoms with van der Waals surface area (Å²) in [7, 11) is 3.60. The minimum atomic E-state index is -0.372. The number of nitrogens with zero attached hydrogens (tertiary/aromatic N) is 4. The average Bonchev–Trinajstić information content (AvgIpc) is 3.22. The Balaban J connectivity index is 0.00000341. The Morgan fingerprint density at radius 2 is 1.87 bits per heavy atom. The highest BCUT2D eigenvalue weighted by molar-refractivity contribution is 14.0. The normalized spacial score (nSPS) is 11.0. The van der Waals surface area contributed by atoms with Gasteiger partial charge in [0.2, 0.25) is 0 Å². The number of benzene rings is 2. The van der Waals surface area contributed by atoms with Gasteiger partial charge in [-0.05, 0) is 42.5 Å². The predicted molar refractivity (Wildman–Crippen MR) is 129 cm³/mol. The Labute approximate surface area is 198 Å². The summed E-state index contributed by atoms with van der Waals surface area (Å²) >= 11 is 0. The number of ether oxygens (including phenoxy) is 1. The number of halogens is 3. The number of aromatic nitrogens is 2. The van der Waals surface area contributed by atoms with Crippen LogP contribution in [-0.4, -0.2) is 54.4 Å². The maximum absolute atomic E-state index is 13.6. The molecule has 6 nitrogen and oxygen atoms in total. The molecule has 9 heteroatoms. The van der Waals surface area contributed by atoms with Gasteiger partial charge in [-0.1, -0.05) is 12.1 Å². The van der Waals surface area contributed by atoms with E-state index in [1.54, 1.807) is 42.1 Å². The van der Waals surface area contributed by atoms with E-state index in [4.69, 9.17) is 4.74 Å². The molecule has 0 radical (unpaired) electrons. The van der Waals surface area contributed by atoms with E-state index in [9.17, 15) is 8.78 Å². The largest absolute Gasteiger partial charge is 0.489 e. The van der Waals surface area contributed by atoms with Crippen molar-refractivity contribution in [3.05, 3.63) is 78.1 Å². The van der Waals surface area contributed by atoms with E-state index in [-0.39, 0.29) is 41.4 Å². The van der Waals surface area contributed by atoms with Crippen LogP contribution in [0.4, 0.5) is 8.78 Å². The Kier molecular flexibility index (Phi) is 9.70. The fourth-order valence-electron chi connectivity index (χ4n) is 2.88. The van der Waals surface area contributed by atoms with Crippen molar-refractivity contribution >= 4 is 29.9 Å². The molecule has 2 aromatic carbocycles. The third kappa shape index (κ3) is 7.20. The van der Waals surface area contributed by atoms with Crippen LogP contribution in [0.3, 0.4) is 0 Å². The van der Waals surface area contributed by atoms with Crippen LogP contribution >= 0.6 is 24.0 Å². The van der Waals surface area contributed by atoms with Crippen LogP contribution in [-0.2, 0) is 6.42 Å². The van der Waals surface area contributed by atoms with Crippen LogP contribution < -0.4 is 10.1 Å². The van der Waals surface area contributed by atoms with Gasteiger partial charge in [-0.3, -0.25) is 4.99 Å². The molecule has 0 fully saturated rings. The Hall–Kier alpha value is -2.69. The predicted octanol–water partition coefficient (Wildman–Crippen LogP) is 3.90. The number of aliphatic imine (C=N–C) groups is 1. The zero-order valence-corrected chi connectivity index (χ0v) is 19.8. The molecule has 0 atom stereocenters. The minimum absolute atomic E-state index is 0. The van der Waals surface area contributed by atoms with Crippen LogP contribution in [0.2, 0.25) is 0 Å². The van der Waals surface area contributed by atoms with Crippen molar-refractivity contribution in [1.29, 1.82) is 0 Å². The molecule has 3 aromatic rings. The number of rotatable bonds is 8. The van der Waals surface area contributed by atoms with Gasteiger partial charge in [0.1, 0.15) is 12.4 Å². The van der Waals surface area contributed by atoms with Gasteiger partial charge < -0.3 is 15.0 Å². The molecule has 0 aliphatic carbocycles. The number of hydrogen-bond acceptors (Lipinski definition) is 3. The summed E-state index contributed by atoms with van der Waals surface area (Å²) in [4.78, 5) is 6.18. The average molecular weight is 541 g/mol. The molecule has 0 amide bonds. The standard InChI is InChI=1S/C22H25F2N5O.HI/c1-25-22(28(2)15-16-30-21-6-4-3-5-20(21)24)26-13-11-18-12-14-29(27-18)19-9-7-17(23)8-10-19;/h3-10,12,14H,11,13,15-16H2,1-2H3,(H,25,26);1H. The van der Waals surface area contributed by atoms with E-state index in [0.29, 0.717) is 32.1 Å². The lowest BCUT2D eigenvalue weighted by molar-refractivity contribution is 0.270. The van der Waals surface area contributed by atoms with Crippen molar-refractivity contribution in [2.45, 2.75) is 6.42 Å². The summed E-state index contributed by atoms with van der Waals surface area (Å²) in [5, 5.41) is 7.80. The molecule has 1 heterocycles. The fraction of sp³-hybridized carbons (Fsp3) is 0.273. The molecule has 0 unspecified atom stereocenters. The minimum Gasteiger partial charge on any atom is -0.489 e. The lowest BCUT2D eigenvalue weighted by Gasteiger charge is -2.22. The molecule has 0 bridgehead atoms. The molecular weight excluding hydrogens is 515 g/mol. The Morgan fingerprint density at radius 3 is 2.58 bits per heavy atom. The number of nitrogens with one attached hydrogen (secondary N) is 1. The highest BCUT2D eigenvalue weighted by Crippen LogP contribution is 2.15. The number of guanidine groups is 1. The Bertz CT molecular complexity index is 978. The van der Waals surface area contributed by atoms with Crippen molar-refractivity contribution in [1.82, 2.24) is 20.0 Å². The van der Waals surface area contributed by atoms with Crippen LogP contribution in [0.5, 0.6) is 5.75 Å². The SMILES string of the molecule is CN=C(NCCc1ccn(-c2ccc(F)cc2)n1)N(C)CCOc1ccccc1F.I. The maximum atomic E-state index is 13.6. The molecule has 0 saturated carbocycles. The first-order valence-electron chi connectivity index (χ1n) is 9.66. The highest BCUT2D eigenvalue weighted by Gasteiger charge is 2.08. The summed E-state index contributed by atoms with van der Waals surface area (Å²) in [6, 6.07) is 14.5. The number of hydrogen-bond donors (Lipinski definition) is 1. The second-order valence-electron chi connectivity index (χ2n) is 6.65. The van der Waals surface area contributed by atoms with Gasteiger partial charge in [-0.15, -0.1) is 24.0 Å². The van der Waals surface area contributed by atoms with E-state index in [1.807, 2.05) is 24.2 Å². The summed E-state index contributed by atoms with van der Waals surface area (Å²) < 4.78 is 33.9. The molecule has 166 valence electrons. The van der Waals surface area contributed by atoms with Gasteiger partial charge in [0.25, 0.3) is 0 Å². The highest BCUT2D eigenvalue weighted by atomic mass is 127. The van der Waals surface area contributed by atoms with Crippen LogP contribution in [0.15, 0.2) is 65.8 Å². The lowest BCUT2D eigenvalue weighted by atomic mass is 10.3. The van der Waals surface area contributed by atoms with Gasteiger partial charge >= 0.3 is 0 Å². The van der Waals surface area contributed by atoms with E-state index in [1.165, 1.54) is 18.2 Å². The van der Waals surface area contributed by atoms with Crippen LogP contribution in [0.25, 0.3) is 5.69 Å². The van der Waals surface area contributed by atoms with E-state index in [0.717, 1.165) is 11.4 Å². The van der Waals surface area contributed by atoms with Crippen molar-refractivity contribution in [3.8, 4) is 11.4 Å². The number of likely N-dealkylation sites (N-methyl/N-ethyl adjacent to an activating group) is 1. The van der Waals surface area contributed by atoms with Crippen molar-refractivity contribution in [2.24, 2.45) is 4.99 Å². The van der Waals surface area contributed by atoms with Gasteiger partial charge in [-0.2, -0.15) is 5.10 Å². The van der Waals surface area contributed by atoms with Crippen LogP contribution in [0.1, 0.15) is 5.69 Å². The molecular formula is C22H26F2IN5O. The first-order chi connectivity index (χ1) is 14.6. The molecule has 0 saturated heterocycles. The first kappa shape index (κ1) is 24.6. The van der Waals surface area contributed by atoms with Gasteiger partial charge in [0.15, 0.2) is 17.5 Å². The van der Waals surface area contributed by atoms with Gasteiger partial charge in [0, 0.05) is 33.3 Å². The molecule has 0 aliphatic rings. The first-order valence-corrected chi connectivity index (χ1v) is 9.66. The fourth-order valence-corrected chi connectivity index (χ4v) is 2.88. The van der Waals surface area contributed by atoms with Gasteiger partial charge in [-0.25, -0.2) is 13.5 Å². The van der Waals surface area contributed by atoms with E-state index < -0.39 is 0 Å². The summed E-state index contributed by atoms with van der Waals surface area (Å²) in [6.07, 6.45) is 2.55. The third-order valence-electron chi connectivity index (χ3n) is 4.49. The molecule has 3 rings (SSSR count). The Morgan fingerprint density at radius 1 is 1.13 bits per heavy atom. The van der Waals surface area contributed by atoms with Crippen molar-refractivity contribution in [2.75, 3.05) is 33.8 Å². The quantitative estimate of drug-likeness (QED) is 0.267. The molecule has 31 heavy (non-hydrogen) atoms. The molecule has 0 spiro atoms. The van der Waals surface area contributed by atoms with Crippen LogP contribution in [0, 0.1) is 11.6 Å². The summed E-state index contributed by atoms with van der Waals surface area (Å²) in [5.41, 5.74) is 1.72.